The van der Waals surface area contributed by atoms with Crippen molar-refractivity contribution >= 4 is 5.91 Å². The van der Waals surface area contributed by atoms with Crippen LogP contribution in [-0.4, -0.2) is 12.5 Å². The zero-order valence-electron chi connectivity index (χ0n) is 10.6. The van der Waals surface area contributed by atoms with E-state index in [0.29, 0.717) is 6.54 Å². The number of rotatable bonds is 7. The molecule has 1 aromatic carbocycles. The monoisotopic (exact) mass is 246 g/mol. The molecule has 0 aromatic heterocycles. The Morgan fingerprint density at radius 2 is 2.11 bits per heavy atom. The number of carbonyl (C=O) groups excluding carboxylic acids is 1. The predicted molar refractivity (Wildman–Crippen MR) is 68.9 cm³/mol. The first-order valence-electron chi connectivity index (χ1n) is 6.11. The number of carbonyl (C=O) groups is 1. The highest BCUT2D eigenvalue weighted by molar-refractivity contribution is 5.77. The predicted octanol–water partition coefficient (Wildman–Crippen LogP) is 2.40. The third-order valence-electron chi connectivity index (χ3n) is 2.42. The van der Waals surface area contributed by atoms with Crippen molar-refractivity contribution in [2.45, 2.75) is 32.7 Å². The molecule has 0 radical (unpaired) electrons. The van der Waals surface area contributed by atoms with E-state index in [2.05, 4.69) is 12.2 Å². The first kappa shape index (κ1) is 14.0. The second-order valence-corrected chi connectivity index (χ2v) is 3.96. The number of hydrogen-bond donors (Lipinski definition) is 1. The average molecular weight is 246 g/mol. The molecule has 0 heterocycles. The van der Waals surface area contributed by atoms with E-state index in [1.54, 1.807) is 0 Å². The van der Waals surface area contributed by atoms with E-state index in [1.165, 1.54) is 0 Å². The minimum absolute atomic E-state index is 0.0990. The van der Waals surface area contributed by atoms with Gasteiger partial charge in [0.1, 0.15) is 12.2 Å². The molecule has 0 bridgehead atoms. The summed E-state index contributed by atoms with van der Waals surface area (Å²) in [7, 11) is 0. The molecule has 1 amide bonds. The minimum Gasteiger partial charge on any atom is -0.494 e. The second-order valence-electron chi connectivity index (χ2n) is 3.96. The molecule has 0 aliphatic heterocycles. The highest BCUT2D eigenvalue weighted by Gasteiger charge is 2.00. The van der Waals surface area contributed by atoms with Gasteiger partial charge < -0.3 is 10.1 Å². The molecule has 18 heavy (non-hydrogen) atoms. The van der Waals surface area contributed by atoms with Crippen molar-refractivity contribution in [2.75, 3.05) is 6.61 Å². The number of nitrogens with one attached hydrogen (secondary N) is 1. The number of amides is 1. The summed E-state index contributed by atoms with van der Waals surface area (Å²) in [5, 5.41) is 11.0. The maximum absolute atomic E-state index is 11.1. The first-order chi connectivity index (χ1) is 8.76. The van der Waals surface area contributed by atoms with E-state index >= 15 is 0 Å². The third-order valence-corrected chi connectivity index (χ3v) is 2.42. The summed E-state index contributed by atoms with van der Waals surface area (Å²) in [6.07, 6.45) is 2.06. The lowest BCUT2D eigenvalue weighted by molar-refractivity contribution is -0.120. The van der Waals surface area contributed by atoms with Crippen molar-refractivity contribution in [3.05, 3.63) is 29.8 Å². The van der Waals surface area contributed by atoms with Gasteiger partial charge in [-0.3, -0.25) is 4.79 Å². The Labute approximate surface area is 108 Å². The van der Waals surface area contributed by atoms with Crippen LogP contribution in [0.3, 0.4) is 0 Å². The van der Waals surface area contributed by atoms with Gasteiger partial charge in [-0.25, -0.2) is 0 Å². The normalized spacial score (nSPS) is 9.56. The van der Waals surface area contributed by atoms with E-state index in [1.807, 2.05) is 30.3 Å². The van der Waals surface area contributed by atoms with E-state index < -0.39 is 0 Å². The number of benzene rings is 1. The Morgan fingerprint density at radius 1 is 1.39 bits per heavy atom. The van der Waals surface area contributed by atoms with Gasteiger partial charge in [0.2, 0.25) is 5.91 Å². The smallest absolute Gasteiger partial charge is 0.234 e. The van der Waals surface area contributed by atoms with Crippen LogP contribution >= 0.6 is 0 Å². The summed E-state index contributed by atoms with van der Waals surface area (Å²) in [5.74, 6) is 0.594. The summed E-state index contributed by atoms with van der Waals surface area (Å²) in [4.78, 5) is 11.1. The fourth-order valence-corrected chi connectivity index (χ4v) is 1.37. The highest BCUT2D eigenvalue weighted by Crippen LogP contribution is 2.12. The number of ether oxygens (including phenoxy) is 1. The highest BCUT2D eigenvalue weighted by atomic mass is 16.5. The molecular weight excluding hydrogens is 228 g/mol. The Bertz CT molecular complexity index is 407. The van der Waals surface area contributed by atoms with Gasteiger partial charge in [-0.15, -0.1) is 0 Å². The molecule has 0 atom stereocenters. The van der Waals surface area contributed by atoms with Crippen LogP contribution in [0.15, 0.2) is 24.3 Å². The van der Waals surface area contributed by atoms with Gasteiger partial charge in [0.15, 0.2) is 0 Å². The molecule has 4 nitrogen and oxygen atoms in total. The van der Waals surface area contributed by atoms with Gasteiger partial charge in [-0.05, 0) is 24.1 Å². The third kappa shape index (κ3) is 5.35. The van der Waals surface area contributed by atoms with Gasteiger partial charge >= 0.3 is 0 Å². The van der Waals surface area contributed by atoms with Crippen molar-refractivity contribution in [2.24, 2.45) is 0 Å². The van der Waals surface area contributed by atoms with Crippen molar-refractivity contribution in [1.29, 1.82) is 5.26 Å². The summed E-state index contributed by atoms with van der Waals surface area (Å²) in [6, 6.07) is 9.41. The molecule has 0 aliphatic carbocycles. The Morgan fingerprint density at radius 3 is 2.72 bits per heavy atom. The number of unbranched alkanes of at least 4 members (excludes halogenated alkanes) is 1. The zero-order valence-corrected chi connectivity index (χ0v) is 10.6. The minimum atomic E-state index is -0.249. The summed E-state index contributed by atoms with van der Waals surface area (Å²) in [5.41, 5.74) is 0.990. The lowest BCUT2D eigenvalue weighted by atomic mass is 10.2. The van der Waals surface area contributed by atoms with Gasteiger partial charge in [0.25, 0.3) is 0 Å². The molecule has 1 N–H and O–H groups in total. The van der Waals surface area contributed by atoms with Crippen LogP contribution in [0.2, 0.25) is 0 Å². The largest absolute Gasteiger partial charge is 0.494 e. The zero-order chi connectivity index (χ0) is 13.2. The average Bonchev–Trinajstić information content (AvgIpc) is 2.38. The molecule has 4 heteroatoms. The molecular formula is C14H18N2O2. The Balaban J connectivity index is 2.36. The lowest BCUT2D eigenvalue weighted by Crippen LogP contribution is -2.21. The van der Waals surface area contributed by atoms with Crippen LogP contribution in [0, 0.1) is 11.3 Å². The van der Waals surface area contributed by atoms with Crippen LogP contribution in [0.4, 0.5) is 0 Å². The topological polar surface area (TPSA) is 62.1 Å². The van der Waals surface area contributed by atoms with Crippen LogP contribution in [0.25, 0.3) is 0 Å². The fourth-order valence-electron chi connectivity index (χ4n) is 1.37. The van der Waals surface area contributed by atoms with Crippen molar-refractivity contribution < 1.29 is 9.53 Å². The van der Waals surface area contributed by atoms with Crippen LogP contribution < -0.4 is 10.1 Å². The summed E-state index contributed by atoms with van der Waals surface area (Å²) < 4.78 is 5.54. The Kier molecular flexibility index (Phi) is 6.34. The number of nitrogens with zero attached hydrogens (tertiary/aromatic N) is 1. The molecule has 0 saturated carbocycles. The standard InChI is InChI=1S/C14H18N2O2/c1-2-3-10-18-13-6-4-12(5-7-13)11-16-14(17)8-9-15/h4-7H,2-3,8,10-11H2,1H3,(H,16,17). The van der Waals surface area contributed by atoms with Gasteiger partial charge in [-0.1, -0.05) is 25.5 Å². The van der Waals surface area contributed by atoms with Crippen LogP contribution in [0.5, 0.6) is 5.75 Å². The number of nitriles is 1. The van der Waals surface area contributed by atoms with Crippen molar-refractivity contribution in [3.63, 3.8) is 0 Å². The fraction of sp³-hybridized carbons (Fsp3) is 0.429. The van der Waals surface area contributed by atoms with Gasteiger partial charge in [-0.2, -0.15) is 5.26 Å². The van der Waals surface area contributed by atoms with Gasteiger partial charge in [0.05, 0.1) is 12.7 Å². The lowest BCUT2D eigenvalue weighted by Gasteiger charge is -2.07. The second kappa shape index (κ2) is 8.13. The number of hydrogen-bond acceptors (Lipinski definition) is 3. The molecule has 1 aromatic rings. The maximum Gasteiger partial charge on any atom is 0.234 e. The van der Waals surface area contributed by atoms with Crippen molar-refractivity contribution in [3.8, 4) is 11.8 Å². The SMILES string of the molecule is CCCCOc1ccc(CNC(=O)CC#N)cc1. The maximum atomic E-state index is 11.1. The first-order valence-corrected chi connectivity index (χ1v) is 6.11. The van der Waals surface area contributed by atoms with E-state index in [9.17, 15) is 4.79 Å². The van der Waals surface area contributed by atoms with E-state index in [-0.39, 0.29) is 12.3 Å². The quantitative estimate of drug-likeness (QED) is 0.751. The van der Waals surface area contributed by atoms with E-state index in [4.69, 9.17) is 10.00 Å². The van der Waals surface area contributed by atoms with Crippen LogP contribution in [0.1, 0.15) is 31.7 Å². The molecule has 0 spiro atoms. The molecule has 0 fully saturated rings. The summed E-state index contributed by atoms with van der Waals surface area (Å²) >= 11 is 0. The van der Waals surface area contributed by atoms with E-state index in [0.717, 1.165) is 30.8 Å². The Hall–Kier alpha value is -2.02. The molecule has 0 aliphatic rings. The molecule has 1 rings (SSSR count). The molecule has 0 saturated heterocycles. The molecule has 0 unspecified atom stereocenters. The van der Waals surface area contributed by atoms with Crippen molar-refractivity contribution in [1.82, 2.24) is 5.32 Å². The van der Waals surface area contributed by atoms with Crippen LogP contribution in [-0.2, 0) is 11.3 Å². The van der Waals surface area contributed by atoms with Gasteiger partial charge in [0, 0.05) is 6.54 Å². The summed E-state index contributed by atoms with van der Waals surface area (Å²) in [6.45, 7) is 3.29. The molecule has 96 valence electrons.